The van der Waals surface area contributed by atoms with E-state index in [1.165, 1.54) is 5.75 Å². The van der Waals surface area contributed by atoms with Crippen molar-refractivity contribution in [2.45, 2.75) is 32.5 Å². The van der Waals surface area contributed by atoms with Crippen LogP contribution in [-0.2, 0) is 6.54 Å². The zero-order chi connectivity index (χ0) is 12.3. The molecule has 2 rings (SSSR count). The highest BCUT2D eigenvalue weighted by Gasteiger charge is 2.25. The van der Waals surface area contributed by atoms with E-state index >= 15 is 0 Å². The molecule has 1 saturated heterocycles. The lowest BCUT2D eigenvalue weighted by molar-refractivity contribution is 0.256. The summed E-state index contributed by atoms with van der Waals surface area (Å²) in [4.78, 5) is 6.75. The lowest BCUT2D eigenvalue weighted by Crippen LogP contribution is -2.33. The van der Waals surface area contributed by atoms with Crippen molar-refractivity contribution in [2.24, 2.45) is 0 Å². The number of nitrogens with one attached hydrogen (secondary N) is 1. The molecule has 1 aromatic rings. The van der Waals surface area contributed by atoms with E-state index in [1.54, 1.807) is 0 Å². The maximum Gasteiger partial charge on any atom is 0.240 e. The van der Waals surface area contributed by atoms with Gasteiger partial charge in [0.2, 0.25) is 5.89 Å². The lowest BCUT2D eigenvalue weighted by atomic mass is 10.3. The molecule has 1 aliphatic rings. The zero-order valence-corrected chi connectivity index (χ0v) is 11.5. The minimum atomic E-state index is 0.297. The average molecular weight is 256 g/mol. The van der Waals surface area contributed by atoms with Crippen LogP contribution in [0.3, 0.4) is 0 Å². The number of hydrogen-bond acceptors (Lipinski definition) is 6. The van der Waals surface area contributed by atoms with E-state index in [0.717, 1.165) is 18.1 Å². The molecule has 0 radical (unpaired) electrons. The van der Waals surface area contributed by atoms with Crippen LogP contribution in [0.25, 0.3) is 0 Å². The molecule has 6 heteroatoms. The van der Waals surface area contributed by atoms with Gasteiger partial charge in [-0.25, -0.2) is 0 Å². The van der Waals surface area contributed by atoms with Gasteiger partial charge in [-0.2, -0.15) is 16.7 Å². The molecular weight excluding hydrogens is 236 g/mol. The van der Waals surface area contributed by atoms with Gasteiger partial charge in [-0.3, -0.25) is 4.90 Å². The van der Waals surface area contributed by atoms with Crippen molar-refractivity contribution in [1.29, 1.82) is 0 Å². The van der Waals surface area contributed by atoms with Gasteiger partial charge in [0.1, 0.15) is 0 Å². The van der Waals surface area contributed by atoms with Crippen molar-refractivity contribution in [2.75, 3.05) is 25.1 Å². The third-order valence-electron chi connectivity index (χ3n) is 2.84. The van der Waals surface area contributed by atoms with Crippen LogP contribution in [0.2, 0.25) is 0 Å². The van der Waals surface area contributed by atoms with Crippen molar-refractivity contribution in [1.82, 2.24) is 20.4 Å². The van der Waals surface area contributed by atoms with Crippen LogP contribution in [0, 0.1) is 0 Å². The Morgan fingerprint density at radius 2 is 2.41 bits per heavy atom. The van der Waals surface area contributed by atoms with E-state index in [4.69, 9.17) is 4.52 Å². The summed E-state index contributed by atoms with van der Waals surface area (Å²) >= 11 is 1.95. The Hall–Kier alpha value is -0.590. The van der Waals surface area contributed by atoms with Crippen LogP contribution in [0.15, 0.2) is 4.52 Å². The van der Waals surface area contributed by atoms with E-state index in [1.807, 2.05) is 11.8 Å². The van der Waals surface area contributed by atoms with Crippen molar-refractivity contribution >= 4 is 11.8 Å². The monoisotopic (exact) mass is 256 g/mol. The highest BCUT2D eigenvalue weighted by molar-refractivity contribution is 7.99. The summed E-state index contributed by atoms with van der Waals surface area (Å²) in [6, 6.07) is 0.726. The van der Waals surface area contributed by atoms with Gasteiger partial charge in [-0.15, -0.1) is 0 Å². The molecule has 17 heavy (non-hydrogen) atoms. The summed E-state index contributed by atoms with van der Waals surface area (Å²) in [5.74, 6) is 3.73. The molecule has 1 atom stereocenters. The molecule has 5 nitrogen and oxygen atoms in total. The molecule has 0 spiro atoms. The predicted octanol–water partition coefficient (Wildman–Crippen LogP) is 1.29. The Morgan fingerprint density at radius 3 is 3.12 bits per heavy atom. The fourth-order valence-electron chi connectivity index (χ4n) is 1.72. The minimum Gasteiger partial charge on any atom is -0.338 e. The predicted molar refractivity (Wildman–Crippen MR) is 69.0 cm³/mol. The molecule has 0 saturated carbocycles. The van der Waals surface area contributed by atoms with E-state index < -0.39 is 0 Å². The second kappa shape index (κ2) is 5.84. The lowest BCUT2D eigenvalue weighted by Gasteiger charge is -2.29. The van der Waals surface area contributed by atoms with Gasteiger partial charge in [0.15, 0.2) is 5.82 Å². The van der Waals surface area contributed by atoms with E-state index in [0.29, 0.717) is 24.5 Å². The van der Waals surface area contributed by atoms with Crippen molar-refractivity contribution < 1.29 is 4.52 Å². The highest BCUT2D eigenvalue weighted by Crippen LogP contribution is 2.26. The molecule has 0 bridgehead atoms. The Morgan fingerprint density at radius 1 is 1.59 bits per heavy atom. The molecule has 1 aliphatic heterocycles. The number of thioether (sulfide) groups is 1. The van der Waals surface area contributed by atoms with Gasteiger partial charge in [-0.05, 0) is 7.05 Å². The average Bonchev–Trinajstić information content (AvgIpc) is 2.75. The van der Waals surface area contributed by atoms with Crippen LogP contribution in [-0.4, -0.2) is 46.2 Å². The molecule has 2 heterocycles. The molecule has 0 amide bonds. The molecule has 0 aromatic carbocycles. The summed E-state index contributed by atoms with van der Waals surface area (Å²) < 4.78 is 5.26. The van der Waals surface area contributed by atoms with E-state index in [2.05, 4.69) is 41.3 Å². The van der Waals surface area contributed by atoms with Crippen LogP contribution < -0.4 is 5.32 Å². The third kappa shape index (κ3) is 3.43. The fraction of sp³-hybridized carbons (Fsp3) is 0.818. The second-order valence-electron chi connectivity index (χ2n) is 4.65. The first kappa shape index (κ1) is 12.9. The standard InChI is InChI=1S/C11H20N4OS/c1-8(2)12-6-10-13-11(14-16-10)9-7-17-5-4-15(9)3/h8-9,12H,4-7H2,1-3H3. The molecule has 1 unspecified atom stereocenters. The summed E-state index contributed by atoms with van der Waals surface area (Å²) in [5.41, 5.74) is 0. The van der Waals surface area contributed by atoms with Crippen molar-refractivity contribution in [3.8, 4) is 0 Å². The van der Waals surface area contributed by atoms with E-state index in [9.17, 15) is 0 Å². The molecular formula is C11H20N4OS. The Labute approximate surface area is 106 Å². The maximum atomic E-state index is 5.26. The van der Waals surface area contributed by atoms with Crippen LogP contribution in [0.1, 0.15) is 31.6 Å². The van der Waals surface area contributed by atoms with E-state index in [-0.39, 0.29) is 0 Å². The zero-order valence-electron chi connectivity index (χ0n) is 10.6. The second-order valence-corrected chi connectivity index (χ2v) is 5.80. The summed E-state index contributed by atoms with van der Waals surface area (Å²) in [6.45, 7) is 5.93. The summed E-state index contributed by atoms with van der Waals surface area (Å²) in [7, 11) is 2.12. The van der Waals surface area contributed by atoms with Crippen molar-refractivity contribution in [3.05, 3.63) is 11.7 Å². The van der Waals surface area contributed by atoms with Gasteiger partial charge in [0.05, 0.1) is 12.6 Å². The number of aromatic nitrogens is 2. The molecule has 1 N–H and O–H groups in total. The smallest absolute Gasteiger partial charge is 0.240 e. The SMILES string of the molecule is CC(C)NCc1nc(C2CSCCN2C)no1. The van der Waals surface area contributed by atoms with Gasteiger partial charge >= 0.3 is 0 Å². The van der Waals surface area contributed by atoms with Crippen molar-refractivity contribution in [3.63, 3.8) is 0 Å². The highest BCUT2D eigenvalue weighted by atomic mass is 32.2. The van der Waals surface area contributed by atoms with Gasteiger partial charge < -0.3 is 9.84 Å². The molecule has 1 fully saturated rings. The van der Waals surface area contributed by atoms with Crippen LogP contribution >= 0.6 is 11.8 Å². The normalized spacial score (nSPS) is 22.2. The van der Waals surface area contributed by atoms with Gasteiger partial charge in [0.25, 0.3) is 0 Å². The van der Waals surface area contributed by atoms with Gasteiger partial charge in [-0.1, -0.05) is 19.0 Å². The number of nitrogens with zero attached hydrogens (tertiary/aromatic N) is 3. The molecule has 0 aliphatic carbocycles. The Kier molecular flexibility index (Phi) is 4.42. The van der Waals surface area contributed by atoms with Crippen LogP contribution in [0.5, 0.6) is 0 Å². The molecule has 96 valence electrons. The quantitative estimate of drug-likeness (QED) is 0.876. The minimum absolute atomic E-state index is 0.297. The fourth-order valence-corrected chi connectivity index (χ4v) is 2.94. The largest absolute Gasteiger partial charge is 0.338 e. The third-order valence-corrected chi connectivity index (χ3v) is 3.86. The van der Waals surface area contributed by atoms with Gasteiger partial charge in [0, 0.05) is 24.1 Å². The first-order chi connectivity index (χ1) is 8.16. The number of hydrogen-bond donors (Lipinski definition) is 1. The summed E-state index contributed by atoms with van der Waals surface area (Å²) in [6.07, 6.45) is 0. The molecule has 1 aromatic heterocycles. The first-order valence-electron chi connectivity index (χ1n) is 6.00. The topological polar surface area (TPSA) is 54.2 Å². The first-order valence-corrected chi connectivity index (χ1v) is 7.16. The summed E-state index contributed by atoms with van der Waals surface area (Å²) in [5, 5.41) is 7.36. The Bertz CT molecular complexity index is 355. The Balaban J connectivity index is 1.97. The number of rotatable bonds is 4. The van der Waals surface area contributed by atoms with Crippen LogP contribution in [0.4, 0.5) is 0 Å². The maximum absolute atomic E-state index is 5.26.